The number of carbonyl (C=O) groups excluding carboxylic acids is 2. The maximum Gasteiger partial charge on any atom is 0.416 e. The molecule has 9 heteroatoms. The summed E-state index contributed by atoms with van der Waals surface area (Å²) >= 11 is 0. The summed E-state index contributed by atoms with van der Waals surface area (Å²) in [5, 5.41) is 2.80. The monoisotopic (exact) mass is 445 g/mol. The van der Waals surface area contributed by atoms with Gasteiger partial charge in [0, 0.05) is 31.1 Å². The van der Waals surface area contributed by atoms with Gasteiger partial charge in [-0.1, -0.05) is 26.0 Å². The van der Waals surface area contributed by atoms with Crippen molar-refractivity contribution in [2.75, 3.05) is 11.9 Å². The van der Waals surface area contributed by atoms with Crippen molar-refractivity contribution < 1.29 is 27.2 Å². The van der Waals surface area contributed by atoms with Gasteiger partial charge in [0.2, 0.25) is 11.8 Å². The number of likely N-dealkylation sites (tertiary alicyclic amines) is 1. The Morgan fingerprint density at radius 3 is 2.75 bits per heavy atom. The molecule has 1 unspecified atom stereocenters. The molecular formula is C23H22F3N3O3. The highest BCUT2D eigenvalue weighted by Gasteiger charge is 2.35. The molecule has 1 fully saturated rings. The zero-order valence-electron chi connectivity index (χ0n) is 17.6. The molecule has 1 saturated heterocycles. The van der Waals surface area contributed by atoms with Crippen LogP contribution in [-0.4, -0.2) is 28.2 Å². The molecule has 1 N–H and O–H groups in total. The highest BCUT2D eigenvalue weighted by Crippen LogP contribution is 2.30. The molecule has 1 aromatic heterocycles. The van der Waals surface area contributed by atoms with Crippen LogP contribution in [0.25, 0.3) is 11.1 Å². The largest absolute Gasteiger partial charge is 0.440 e. The Morgan fingerprint density at radius 2 is 2.03 bits per heavy atom. The van der Waals surface area contributed by atoms with Crippen LogP contribution in [0.3, 0.4) is 0 Å². The fourth-order valence-corrected chi connectivity index (χ4v) is 3.68. The van der Waals surface area contributed by atoms with E-state index in [-0.39, 0.29) is 37.2 Å². The van der Waals surface area contributed by atoms with E-state index in [0.717, 1.165) is 12.1 Å². The minimum atomic E-state index is -4.45. The van der Waals surface area contributed by atoms with Crippen LogP contribution in [-0.2, 0) is 22.3 Å². The van der Waals surface area contributed by atoms with Crippen molar-refractivity contribution in [1.29, 1.82) is 0 Å². The minimum Gasteiger partial charge on any atom is -0.440 e. The number of alkyl halides is 3. The smallest absolute Gasteiger partial charge is 0.416 e. The topological polar surface area (TPSA) is 75.4 Å². The molecule has 3 aromatic rings. The molecular weight excluding hydrogens is 423 g/mol. The molecule has 32 heavy (non-hydrogen) atoms. The molecule has 6 nitrogen and oxygen atoms in total. The first-order valence-corrected chi connectivity index (χ1v) is 10.3. The minimum absolute atomic E-state index is 0.00843. The van der Waals surface area contributed by atoms with E-state index in [2.05, 4.69) is 10.3 Å². The SMILES string of the molecule is CC(C)c1nc2cc(NC(=O)C3CC(=O)N(Cc4cccc(C(F)(F)F)c4)C3)ccc2o1. The van der Waals surface area contributed by atoms with E-state index in [0.29, 0.717) is 28.2 Å². The number of nitrogens with one attached hydrogen (secondary N) is 1. The summed E-state index contributed by atoms with van der Waals surface area (Å²) in [5.41, 5.74) is 1.39. The number of oxazole rings is 1. The Morgan fingerprint density at radius 1 is 1.25 bits per heavy atom. The molecule has 2 heterocycles. The highest BCUT2D eigenvalue weighted by molar-refractivity contribution is 5.98. The van der Waals surface area contributed by atoms with Gasteiger partial charge >= 0.3 is 6.18 Å². The van der Waals surface area contributed by atoms with Crippen LogP contribution in [0.1, 0.15) is 43.2 Å². The summed E-state index contributed by atoms with van der Waals surface area (Å²) in [6.07, 6.45) is -4.44. The summed E-state index contributed by atoms with van der Waals surface area (Å²) in [6.45, 7) is 4.10. The van der Waals surface area contributed by atoms with Crippen LogP contribution in [0.4, 0.5) is 18.9 Å². The highest BCUT2D eigenvalue weighted by atomic mass is 19.4. The van der Waals surface area contributed by atoms with Crippen LogP contribution >= 0.6 is 0 Å². The van der Waals surface area contributed by atoms with Crippen molar-refractivity contribution in [3.05, 3.63) is 59.5 Å². The van der Waals surface area contributed by atoms with Crippen LogP contribution in [0.15, 0.2) is 46.9 Å². The Kier molecular flexibility index (Phi) is 5.66. The molecule has 4 rings (SSSR count). The lowest BCUT2D eigenvalue weighted by Gasteiger charge is -2.17. The average Bonchev–Trinajstić information content (AvgIpc) is 3.31. The van der Waals surface area contributed by atoms with Gasteiger partial charge in [0.15, 0.2) is 11.5 Å². The molecule has 1 aliphatic rings. The number of benzene rings is 2. The number of aromatic nitrogens is 1. The molecule has 2 aromatic carbocycles. The normalized spacial score (nSPS) is 16.9. The summed E-state index contributed by atoms with van der Waals surface area (Å²) in [4.78, 5) is 30.9. The van der Waals surface area contributed by atoms with Gasteiger partial charge in [-0.2, -0.15) is 13.2 Å². The molecule has 0 aliphatic carbocycles. The third kappa shape index (κ3) is 4.61. The third-order valence-electron chi connectivity index (χ3n) is 5.38. The first kappa shape index (κ1) is 21.9. The first-order chi connectivity index (χ1) is 15.1. The van der Waals surface area contributed by atoms with Crippen molar-refractivity contribution >= 4 is 28.6 Å². The van der Waals surface area contributed by atoms with E-state index in [4.69, 9.17) is 4.42 Å². The van der Waals surface area contributed by atoms with Gasteiger partial charge in [0.1, 0.15) is 5.52 Å². The molecule has 2 amide bonds. The molecule has 0 bridgehead atoms. The number of nitrogens with zero attached hydrogens (tertiary/aromatic N) is 2. The van der Waals surface area contributed by atoms with Crippen LogP contribution in [0, 0.1) is 5.92 Å². The fraction of sp³-hybridized carbons (Fsp3) is 0.348. The van der Waals surface area contributed by atoms with Gasteiger partial charge in [-0.3, -0.25) is 9.59 Å². The van der Waals surface area contributed by atoms with Gasteiger partial charge < -0.3 is 14.6 Å². The first-order valence-electron chi connectivity index (χ1n) is 10.3. The van der Waals surface area contributed by atoms with E-state index in [1.54, 1.807) is 18.2 Å². The summed E-state index contributed by atoms with van der Waals surface area (Å²) in [5.74, 6) is -0.441. The van der Waals surface area contributed by atoms with Gasteiger partial charge in [-0.25, -0.2) is 4.98 Å². The van der Waals surface area contributed by atoms with Crippen LogP contribution in [0.2, 0.25) is 0 Å². The maximum absolute atomic E-state index is 12.9. The second kappa shape index (κ2) is 8.29. The number of amides is 2. The second-order valence-electron chi connectivity index (χ2n) is 8.25. The molecule has 0 saturated carbocycles. The van der Waals surface area contributed by atoms with E-state index >= 15 is 0 Å². The number of anilines is 1. The zero-order chi connectivity index (χ0) is 23.0. The van der Waals surface area contributed by atoms with Gasteiger partial charge in [-0.15, -0.1) is 0 Å². The maximum atomic E-state index is 12.9. The Balaban J connectivity index is 1.41. The van der Waals surface area contributed by atoms with Crippen molar-refractivity contribution in [3.8, 4) is 0 Å². The molecule has 0 radical (unpaired) electrons. The Labute approximate surface area is 182 Å². The quantitative estimate of drug-likeness (QED) is 0.603. The van der Waals surface area contributed by atoms with E-state index in [1.807, 2.05) is 13.8 Å². The van der Waals surface area contributed by atoms with Crippen molar-refractivity contribution in [2.24, 2.45) is 5.92 Å². The zero-order valence-corrected chi connectivity index (χ0v) is 17.6. The summed E-state index contributed by atoms with van der Waals surface area (Å²) in [7, 11) is 0. The lowest BCUT2D eigenvalue weighted by atomic mass is 10.1. The number of fused-ring (bicyclic) bond motifs is 1. The van der Waals surface area contributed by atoms with Gasteiger partial charge in [-0.05, 0) is 35.9 Å². The van der Waals surface area contributed by atoms with Crippen LogP contribution in [0.5, 0.6) is 0 Å². The van der Waals surface area contributed by atoms with Gasteiger partial charge in [0.25, 0.3) is 0 Å². The Bertz CT molecular complexity index is 1170. The fourth-order valence-electron chi connectivity index (χ4n) is 3.68. The van der Waals surface area contributed by atoms with Crippen molar-refractivity contribution in [1.82, 2.24) is 9.88 Å². The summed E-state index contributed by atoms with van der Waals surface area (Å²) < 4.78 is 44.4. The van der Waals surface area contributed by atoms with Gasteiger partial charge in [0.05, 0.1) is 11.5 Å². The number of hydrogen-bond donors (Lipinski definition) is 1. The number of rotatable bonds is 5. The number of carbonyl (C=O) groups is 2. The Hall–Kier alpha value is -3.36. The molecule has 1 aliphatic heterocycles. The van der Waals surface area contributed by atoms with E-state index < -0.39 is 17.7 Å². The molecule has 1 atom stereocenters. The van der Waals surface area contributed by atoms with E-state index in [9.17, 15) is 22.8 Å². The summed E-state index contributed by atoms with van der Waals surface area (Å²) in [6, 6.07) is 10.00. The van der Waals surface area contributed by atoms with Crippen molar-refractivity contribution in [2.45, 2.75) is 38.9 Å². The number of hydrogen-bond acceptors (Lipinski definition) is 4. The second-order valence-corrected chi connectivity index (χ2v) is 8.25. The molecule has 168 valence electrons. The average molecular weight is 445 g/mol. The predicted octanol–water partition coefficient (Wildman–Crippen LogP) is 4.96. The lowest BCUT2D eigenvalue weighted by Crippen LogP contribution is -2.28. The predicted molar refractivity (Wildman–Crippen MR) is 112 cm³/mol. The standard InChI is InChI=1S/C23H22F3N3O3/c1-13(2)22-28-18-10-17(6-7-19(18)32-22)27-21(31)15-9-20(30)29(12-15)11-14-4-3-5-16(8-14)23(24,25)26/h3-8,10,13,15H,9,11-12H2,1-2H3,(H,27,31). The number of halogens is 3. The van der Waals surface area contributed by atoms with Crippen molar-refractivity contribution in [3.63, 3.8) is 0 Å². The van der Waals surface area contributed by atoms with E-state index in [1.165, 1.54) is 17.0 Å². The molecule has 0 spiro atoms. The lowest BCUT2D eigenvalue weighted by molar-refractivity contribution is -0.137. The third-order valence-corrected chi connectivity index (χ3v) is 5.38. The van der Waals surface area contributed by atoms with Crippen LogP contribution < -0.4 is 5.32 Å².